The highest BCUT2D eigenvalue weighted by atomic mass is 16.5. The number of ether oxygens (including phenoxy) is 3. The van der Waals surface area contributed by atoms with Gasteiger partial charge in [-0.25, -0.2) is 0 Å². The van der Waals surface area contributed by atoms with Crippen molar-refractivity contribution in [1.29, 1.82) is 0 Å². The Bertz CT molecular complexity index is 850. The van der Waals surface area contributed by atoms with E-state index in [0.29, 0.717) is 30.3 Å². The lowest BCUT2D eigenvalue weighted by Gasteiger charge is -2.20. The van der Waals surface area contributed by atoms with Crippen LogP contribution in [0.2, 0.25) is 0 Å². The maximum Gasteiger partial charge on any atom is 0.227 e. The lowest BCUT2D eigenvalue weighted by atomic mass is 10.1. The fraction of sp³-hybridized carbons (Fsp3) is 0.333. The molecule has 0 aliphatic carbocycles. The van der Waals surface area contributed by atoms with Gasteiger partial charge in [-0.2, -0.15) is 0 Å². The lowest BCUT2D eigenvalue weighted by molar-refractivity contribution is -0.126. The zero-order valence-electron chi connectivity index (χ0n) is 16.2. The number of anilines is 1. The third-order valence-corrected chi connectivity index (χ3v) is 4.80. The quantitative estimate of drug-likeness (QED) is 0.793. The van der Waals surface area contributed by atoms with E-state index in [1.807, 2.05) is 24.3 Å². The molecule has 1 aliphatic heterocycles. The van der Waals surface area contributed by atoms with Crippen LogP contribution in [0, 0.1) is 5.92 Å². The molecule has 2 amide bonds. The first-order chi connectivity index (χ1) is 13.5. The number of amides is 2. The number of benzene rings is 2. The van der Waals surface area contributed by atoms with E-state index in [-0.39, 0.29) is 18.2 Å². The van der Waals surface area contributed by atoms with Gasteiger partial charge in [-0.1, -0.05) is 12.1 Å². The monoisotopic (exact) mass is 384 g/mol. The van der Waals surface area contributed by atoms with Gasteiger partial charge >= 0.3 is 0 Å². The SMILES string of the molecule is COc1ccc(CNC(=O)C2CC(=O)N(c3cc(OC)ccc3OC)C2)cc1. The van der Waals surface area contributed by atoms with Gasteiger partial charge in [0.15, 0.2) is 0 Å². The molecule has 7 nitrogen and oxygen atoms in total. The Balaban J connectivity index is 1.65. The van der Waals surface area contributed by atoms with Gasteiger partial charge in [0, 0.05) is 25.6 Å². The van der Waals surface area contributed by atoms with Gasteiger partial charge in [0.05, 0.1) is 32.9 Å². The van der Waals surface area contributed by atoms with E-state index in [4.69, 9.17) is 14.2 Å². The summed E-state index contributed by atoms with van der Waals surface area (Å²) in [5.74, 6) is 1.27. The van der Waals surface area contributed by atoms with E-state index in [1.165, 1.54) is 0 Å². The molecule has 28 heavy (non-hydrogen) atoms. The van der Waals surface area contributed by atoms with Crippen molar-refractivity contribution in [3.63, 3.8) is 0 Å². The van der Waals surface area contributed by atoms with Crippen molar-refractivity contribution in [3.05, 3.63) is 48.0 Å². The van der Waals surface area contributed by atoms with Crippen LogP contribution in [-0.2, 0) is 16.1 Å². The van der Waals surface area contributed by atoms with Crippen LogP contribution in [0.1, 0.15) is 12.0 Å². The van der Waals surface area contributed by atoms with Crippen LogP contribution in [0.4, 0.5) is 5.69 Å². The second kappa shape index (κ2) is 8.65. The summed E-state index contributed by atoms with van der Waals surface area (Å²) >= 11 is 0. The van der Waals surface area contributed by atoms with Crippen LogP contribution in [0.3, 0.4) is 0 Å². The second-order valence-corrected chi connectivity index (χ2v) is 6.51. The van der Waals surface area contributed by atoms with Crippen LogP contribution < -0.4 is 24.4 Å². The molecule has 1 N–H and O–H groups in total. The van der Waals surface area contributed by atoms with E-state index in [1.54, 1.807) is 44.4 Å². The van der Waals surface area contributed by atoms with Gasteiger partial charge in [0.25, 0.3) is 0 Å². The standard InChI is InChI=1S/C21H24N2O5/c1-26-16-6-4-14(5-7-16)12-22-21(25)15-10-20(24)23(13-15)18-11-17(27-2)8-9-19(18)28-3/h4-9,11,15H,10,12-13H2,1-3H3,(H,22,25). The maximum absolute atomic E-state index is 12.6. The minimum atomic E-state index is -0.415. The molecule has 2 aromatic rings. The molecule has 1 saturated heterocycles. The summed E-state index contributed by atoms with van der Waals surface area (Å²) in [5, 5.41) is 2.91. The average molecular weight is 384 g/mol. The van der Waals surface area contributed by atoms with E-state index in [0.717, 1.165) is 11.3 Å². The first-order valence-corrected chi connectivity index (χ1v) is 8.98. The summed E-state index contributed by atoms with van der Waals surface area (Å²) in [4.78, 5) is 26.7. The Morgan fingerprint density at radius 3 is 2.36 bits per heavy atom. The van der Waals surface area contributed by atoms with E-state index >= 15 is 0 Å². The van der Waals surface area contributed by atoms with Crippen LogP contribution in [0.15, 0.2) is 42.5 Å². The normalized spacial score (nSPS) is 16.0. The number of nitrogens with zero attached hydrogens (tertiary/aromatic N) is 1. The van der Waals surface area contributed by atoms with E-state index < -0.39 is 5.92 Å². The number of hydrogen-bond donors (Lipinski definition) is 1. The number of nitrogens with one attached hydrogen (secondary N) is 1. The van der Waals surface area contributed by atoms with Crippen LogP contribution in [-0.4, -0.2) is 39.7 Å². The van der Waals surface area contributed by atoms with Crippen LogP contribution >= 0.6 is 0 Å². The highest BCUT2D eigenvalue weighted by molar-refractivity contribution is 6.01. The van der Waals surface area contributed by atoms with Crippen molar-refractivity contribution in [1.82, 2.24) is 5.32 Å². The summed E-state index contributed by atoms with van der Waals surface area (Å²) in [5.41, 5.74) is 1.57. The van der Waals surface area contributed by atoms with Crippen molar-refractivity contribution in [2.75, 3.05) is 32.8 Å². The van der Waals surface area contributed by atoms with Crippen molar-refractivity contribution in [3.8, 4) is 17.2 Å². The van der Waals surface area contributed by atoms with E-state index in [9.17, 15) is 9.59 Å². The molecule has 0 spiro atoms. The van der Waals surface area contributed by atoms with Crippen molar-refractivity contribution >= 4 is 17.5 Å². The molecule has 1 heterocycles. The molecule has 3 rings (SSSR count). The molecule has 148 valence electrons. The number of carbonyl (C=O) groups is 2. The second-order valence-electron chi connectivity index (χ2n) is 6.51. The molecular formula is C21H24N2O5. The molecule has 1 atom stereocenters. The van der Waals surface area contributed by atoms with Gasteiger partial charge in [0.1, 0.15) is 17.2 Å². The molecule has 1 aliphatic rings. The molecule has 7 heteroatoms. The molecular weight excluding hydrogens is 360 g/mol. The summed E-state index contributed by atoms with van der Waals surface area (Å²) in [6.45, 7) is 0.701. The topological polar surface area (TPSA) is 77.1 Å². The first-order valence-electron chi connectivity index (χ1n) is 8.98. The zero-order chi connectivity index (χ0) is 20.1. The molecule has 0 radical (unpaired) electrons. The third-order valence-electron chi connectivity index (χ3n) is 4.80. The first kappa shape index (κ1) is 19.5. The molecule has 2 aromatic carbocycles. The maximum atomic E-state index is 12.6. The fourth-order valence-electron chi connectivity index (χ4n) is 3.20. The Hall–Kier alpha value is -3.22. The number of methoxy groups -OCH3 is 3. The summed E-state index contributed by atoms with van der Waals surface area (Å²) in [6, 6.07) is 12.7. The summed E-state index contributed by atoms with van der Waals surface area (Å²) in [6.07, 6.45) is 0.162. The largest absolute Gasteiger partial charge is 0.497 e. The minimum Gasteiger partial charge on any atom is -0.497 e. The van der Waals surface area contributed by atoms with Crippen molar-refractivity contribution < 1.29 is 23.8 Å². The Labute approximate surface area is 164 Å². The Kier molecular flexibility index (Phi) is 6.03. The minimum absolute atomic E-state index is 0.115. The molecule has 1 unspecified atom stereocenters. The predicted molar refractivity (Wildman–Crippen MR) is 105 cm³/mol. The van der Waals surface area contributed by atoms with Gasteiger partial charge < -0.3 is 24.4 Å². The number of hydrogen-bond acceptors (Lipinski definition) is 5. The van der Waals surface area contributed by atoms with E-state index in [2.05, 4.69) is 5.32 Å². The van der Waals surface area contributed by atoms with Crippen molar-refractivity contribution in [2.24, 2.45) is 5.92 Å². The van der Waals surface area contributed by atoms with Crippen LogP contribution in [0.5, 0.6) is 17.2 Å². The number of carbonyl (C=O) groups excluding carboxylic acids is 2. The molecule has 0 saturated carbocycles. The summed E-state index contributed by atoms with van der Waals surface area (Å²) in [7, 11) is 4.72. The summed E-state index contributed by atoms with van der Waals surface area (Å²) < 4.78 is 15.7. The van der Waals surface area contributed by atoms with Crippen molar-refractivity contribution in [2.45, 2.75) is 13.0 Å². The van der Waals surface area contributed by atoms with Gasteiger partial charge in [0.2, 0.25) is 11.8 Å². The lowest BCUT2D eigenvalue weighted by Crippen LogP contribution is -2.32. The fourth-order valence-corrected chi connectivity index (χ4v) is 3.20. The molecule has 0 aromatic heterocycles. The third kappa shape index (κ3) is 4.19. The zero-order valence-corrected chi connectivity index (χ0v) is 16.2. The predicted octanol–water partition coefficient (Wildman–Crippen LogP) is 2.38. The molecule has 1 fully saturated rings. The van der Waals surface area contributed by atoms with Gasteiger partial charge in [-0.15, -0.1) is 0 Å². The Morgan fingerprint density at radius 1 is 1.04 bits per heavy atom. The van der Waals surface area contributed by atoms with Crippen LogP contribution in [0.25, 0.3) is 0 Å². The average Bonchev–Trinajstić information content (AvgIpc) is 3.13. The highest BCUT2D eigenvalue weighted by Gasteiger charge is 2.36. The van der Waals surface area contributed by atoms with Gasteiger partial charge in [-0.3, -0.25) is 9.59 Å². The smallest absolute Gasteiger partial charge is 0.227 e. The number of rotatable bonds is 7. The molecule has 0 bridgehead atoms. The Morgan fingerprint density at radius 2 is 1.71 bits per heavy atom. The van der Waals surface area contributed by atoms with Gasteiger partial charge in [-0.05, 0) is 29.8 Å². The highest BCUT2D eigenvalue weighted by Crippen LogP contribution is 2.36.